The van der Waals surface area contributed by atoms with E-state index in [0.29, 0.717) is 12.8 Å². The number of carbonyl (C=O) groups is 5. The number of primary amides is 1. The molecule has 0 bridgehead atoms. The van der Waals surface area contributed by atoms with Crippen molar-refractivity contribution in [3.63, 3.8) is 0 Å². The number of rotatable bonds is 10. The van der Waals surface area contributed by atoms with E-state index in [0.717, 1.165) is 12.1 Å². The molecule has 6 N–H and O–H groups in total. The SMILES string of the molecule is C[C@@H](O)[C@H](NC(=O)[C@@]1(Cc2ccc(C(F)(F)F)cc2)CCCN1C(=O)[C@@H]1CCCN1C(=O)[C@@H](NC(=O)OC(C)(C)C)[C@@H](C)O)C(N)=O. The Labute approximate surface area is 271 Å². The molecule has 0 unspecified atom stereocenters. The lowest BCUT2D eigenvalue weighted by Gasteiger charge is -2.41. The summed E-state index contributed by atoms with van der Waals surface area (Å²) in [4.78, 5) is 69.0. The molecule has 0 spiro atoms. The van der Waals surface area contributed by atoms with Crippen LogP contribution in [0, 0.1) is 0 Å². The first-order valence-corrected chi connectivity index (χ1v) is 15.4. The second-order valence-corrected chi connectivity index (χ2v) is 13.1. The van der Waals surface area contributed by atoms with E-state index < -0.39 is 82.9 Å². The van der Waals surface area contributed by atoms with E-state index in [1.807, 2.05) is 0 Å². The van der Waals surface area contributed by atoms with Gasteiger partial charge in [-0.3, -0.25) is 19.2 Å². The number of amides is 5. The summed E-state index contributed by atoms with van der Waals surface area (Å²) < 4.78 is 45.0. The van der Waals surface area contributed by atoms with E-state index in [2.05, 4.69) is 10.6 Å². The molecule has 2 aliphatic rings. The zero-order valence-electron chi connectivity index (χ0n) is 27.1. The number of alkyl carbamates (subject to hydrolysis) is 1. The molecule has 6 atom stereocenters. The van der Waals surface area contributed by atoms with Crippen LogP contribution in [0.1, 0.15) is 71.4 Å². The van der Waals surface area contributed by atoms with Crippen LogP contribution in [-0.2, 0) is 36.5 Å². The Bertz CT molecular complexity index is 1330. The molecule has 0 aromatic heterocycles. The van der Waals surface area contributed by atoms with Crippen molar-refractivity contribution in [2.45, 2.75) is 114 Å². The molecule has 0 saturated carbocycles. The van der Waals surface area contributed by atoms with Crippen LogP contribution in [0.3, 0.4) is 0 Å². The Balaban J connectivity index is 1.97. The number of aliphatic hydroxyl groups is 2. The first-order valence-electron chi connectivity index (χ1n) is 15.4. The fraction of sp³-hybridized carbons (Fsp3) is 0.645. The zero-order valence-corrected chi connectivity index (χ0v) is 27.1. The molecule has 2 saturated heterocycles. The van der Waals surface area contributed by atoms with E-state index in [-0.39, 0.29) is 37.9 Å². The van der Waals surface area contributed by atoms with Crippen LogP contribution in [0.2, 0.25) is 0 Å². The number of likely N-dealkylation sites (tertiary alicyclic amines) is 2. The second-order valence-electron chi connectivity index (χ2n) is 13.1. The number of aliphatic hydroxyl groups excluding tert-OH is 2. The first-order chi connectivity index (χ1) is 21.7. The maximum Gasteiger partial charge on any atom is 0.416 e. The summed E-state index contributed by atoms with van der Waals surface area (Å²) >= 11 is 0. The summed E-state index contributed by atoms with van der Waals surface area (Å²) in [7, 11) is 0. The molecule has 1 aromatic rings. The molecule has 16 heteroatoms. The lowest BCUT2D eigenvalue weighted by molar-refractivity contribution is -0.153. The number of benzene rings is 1. The average molecular weight is 672 g/mol. The molecule has 0 aliphatic carbocycles. The van der Waals surface area contributed by atoms with E-state index in [9.17, 15) is 47.4 Å². The number of ether oxygens (including phenoxy) is 1. The predicted octanol–water partition coefficient (Wildman–Crippen LogP) is 1.23. The first kappa shape index (κ1) is 37.5. The topological polar surface area (TPSA) is 192 Å². The van der Waals surface area contributed by atoms with E-state index in [1.165, 1.54) is 35.8 Å². The molecule has 2 fully saturated rings. The minimum atomic E-state index is -4.60. The van der Waals surface area contributed by atoms with Crippen molar-refractivity contribution in [3.8, 4) is 0 Å². The highest BCUT2D eigenvalue weighted by molar-refractivity contribution is 5.98. The molecular formula is C31H44F3N5O8. The minimum Gasteiger partial charge on any atom is -0.444 e. The number of halogens is 3. The summed E-state index contributed by atoms with van der Waals surface area (Å²) in [5.41, 5.74) is 2.16. The van der Waals surface area contributed by atoms with E-state index >= 15 is 0 Å². The number of nitrogens with two attached hydrogens (primary N) is 1. The van der Waals surface area contributed by atoms with Crippen LogP contribution in [0.15, 0.2) is 24.3 Å². The van der Waals surface area contributed by atoms with Gasteiger partial charge in [0.1, 0.15) is 29.3 Å². The Morgan fingerprint density at radius 3 is 2.09 bits per heavy atom. The maximum atomic E-state index is 14.3. The Morgan fingerprint density at radius 1 is 0.979 bits per heavy atom. The van der Waals surface area contributed by atoms with E-state index in [1.54, 1.807) is 20.8 Å². The normalized spacial score (nSPS) is 22.6. The van der Waals surface area contributed by atoms with Gasteiger partial charge in [-0.1, -0.05) is 12.1 Å². The maximum absolute atomic E-state index is 14.3. The molecule has 0 radical (unpaired) electrons. The van der Waals surface area contributed by atoms with Crippen molar-refractivity contribution in [1.29, 1.82) is 0 Å². The second kappa shape index (κ2) is 14.5. The van der Waals surface area contributed by atoms with Gasteiger partial charge in [0.25, 0.3) is 0 Å². The van der Waals surface area contributed by atoms with Gasteiger partial charge in [0, 0.05) is 19.5 Å². The number of nitrogens with one attached hydrogen (secondary N) is 2. The van der Waals surface area contributed by atoms with Gasteiger partial charge in [0.05, 0.1) is 17.8 Å². The van der Waals surface area contributed by atoms with Crippen molar-refractivity contribution in [3.05, 3.63) is 35.4 Å². The molecular weight excluding hydrogens is 627 g/mol. The van der Waals surface area contributed by atoms with Crippen LogP contribution in [0.4, 0.5) is 18.0 Å². The van der Waals surface area contributed by atoms with Gasteiger partial charge in [0.15, 0.2) is 0 Å². The monoisotopic (exact) mass is 671 g/mol. The lowest BCUT2D eigenvalue weighted by atomic mass is 9.85. The highest BCUT2D eigenvalue weighted by atomic mass is 19.4. The van der Waals surface area contributed by atoms with E-state index in [4.69, 9.17) is 10.5 Å². The van der Waals surface area contributed by atoms with Gasteiger partial charge in [-0.15, -0.1) is 0 Å². The van der Waals surface area contributed by atoms with Gasteiger partial charge in [0.2, 0.25) is 23.6 Å². The van der Waals surface area contributed by atoms with Crippen molar-refractivity contribution in [2.75, 3.05) is 13.1 Å². The van der Waals surface area contributed by atoms with Crippen molar-refractivity contribution >= 4 is 29.7 Å². The number of alkyl halides is 3. The smallest absolute Gasteiger partial charge is 0.416 e. The third-order valence-electron chi connectivity index (χ3n) is 8.27. The third-order valence-corrected chi connectivity index (χ3v) is 8.27. The van der Waals surface area contributed by atoms with Gasteiger partial charge in [-0.25, -0.2) is 4.79 Å². The highest BCUT2D eigenvalue weighted by Crippen LogP contribution is 2.37. The quantitative estimate of drug-likeness (QED) is 0.245. The van der Waals surface area contributed by atoms with Crippen LogP contribution >= 0.6 is 0 Å². The number of carbonyl (C=O) groups excluding carboxylic acids is 5. The van der Waals surface area contributed by atoms with Crippen molar-refractivity contribution in [1.82, 2.24) is 20.4 Å². The van der Waals surface area contributed by atoms with Gasteiger partial charge in [-0.05, 0) is 78.0 Å². The Kier molecular flexibility index (Phi) is 11.5. The molecule has 2 heterocycles. The van der Waals surface area contributed by atoms with Gasteiger partial charge in [-0.2, -0.15) is 13.2 Å². The molecule has 262 valence electrons. The summed E-state index contributed by atoms with van der Waals surface area (Å²) in [6, 6.07) is 0.00925. The highest BCUT2D eigenvalue weighted by Gasteiger charge is 2.53. The largest absolute Gasteiger partial charge is 0.444 e. The Morgan fingerprint density at radius 2 is 1.57 bits per heavy atom. The summed E-state index contributed by atoms with van der Waals surface area (Å²) in [6.45, 7) is 7.54. The third kappa shape index (κ3) is 8.91. The molecule has 2 aliphatic heterocycles. The number of nitrogens with zero attached hydrogens (tertiary/aromatic N) is 2. The van der Waals surface area contributed by atoms with Crippen LogP contribution in [-0.4, -0.2) is 104 Å². The minimum absolute atomic E-state index is 0.0390. The number of hydrogen-bond donors (Lipinski definition) is 5. The molecule has 47 heavy (non-hydrogen) atoms. The summed E-state index contributed by atoms with van der Waals surface area (Å²) in [5, 5.41) is 25.3. The molecule has 3 rings (SSSR count). The van der Waals surface area contributed by atoms with Crippen molar-refractivity contribution in [2.24, 2.45) is 5.73 Å². The lowest BCUT2D eigenvalue weighted by Crippen LogP contribution is -2.65. The molecule has 5 amide bonds. The predicted molar refractivity (Wildman–Crippen MR) is 161 cm³/mol. The summed E-state index contributed by atoms with van der Waals surface area (Å²) in [5.74, 6) is -3.27. The number of hydrogen-bond acceptors (Lipinski definition) is 8. The van der Waals surface area contributed by atoms with Crippen molar-refractivity contribution < 1.29 is 52.1 Å². The van der Waals surface area contributed by atoms with Gasteiger partial charge < -0.3 is 41.1 Å². The summed E-state index contributed by atoms with van der Waals surface area (Å²) in [6.07, 6.45) is -7.64. The standard InChI is InChI=1S/C31H44F3N5O8/c1-17(40)22(24(35)42)36-27(45)30(16-19-9-11-20(12-10-19)31(32,33)34)13-7-15-39(30)25(43)21-8-6-14-38(21)26(44)23(18(2)41)37-28(46)47-29(3,4)5/h9-12,17-18,21-23,40-41H,6-8,13-16H2,1-5H3,(H2,35,42)(H,36,45)(H,37,46)/t17-,18-,21+,22+,23+,30+/m1/s1. The fourth-order valence-corrected chi connectivity index (χ4v) is 6.02. The van der Waals surface area contributed by atoms with Crippen LogP contribution in [0.25, 0.3) is 0 Å². The molecule has 13 nitrogen and oxygen atoms in total. The Hall–Kier alpha value is -3.92. The van der Waals surface area contributed by atoms with Crippen LogP contribution < -0.4 is 16.4 Å². The zero-order chi connectivity index (χ0) is 35.5. The fourth-order valence-electron chi connectivity index (χ4n) is 6.02. The molecule has 1 aromatic carbocycles. The van der Waals surface area contributed by atoms with Gasteiger partial charge >= 0.3 is 12.3 Å². The van der Waals surface area contributed by atoms with Crippen LogP contribution in [0.5, 0.6) is 0 Å². The average Bonchev–Trinajstić information content (AvgIpc) is 3.60.